The fraction of sp³-hybridized carbons (Fsp3) is 0.176. The molecule has 1 atom stereocenters. The van der Waals surface area contributed by atoms with Crippen LogP contribution in [0.3, 0.4) is 0 Å². The van der Waals surface area contributed by atoms with E-state index in [9.17, 15) is 4.79 Å². The van der Waals surface area contributed by atoms with Crippen LogP contribution < -0.4 is 10.6 Å². The molecule has 2 N–H and O–H groups in total. The Morgan fingerprint density at radius 3 is 2.74 bits per heavy atom. The van der Waals surface area contributed by atoms with Gasteiger partial charge in [0, 0.05) is 16.9 Å². The molecule has 6 nitrogen and oxygen atoms in total. The normalized spacial score (nSPS) is 11.9. The topological polar surface area (TPSA) is 79.8 Å². The van der Waals surface area contributed by atoms with Crippen molar-refractivity contribution in [3.05, 3.63) is 52.3 Å². The number of hydrogen-bond donors (Lipinski definition) is 2. The molecule has 2 heterocycles. The van der Waals surface area contributed by atoms with Gasteiger partial charge >= 0.3 is 0 Å². The number of carbonyl (C=O) groups is 1. The Hall–Kier alpha value is -1.87. The maximum atomic E-state index is 12.4. The molecule has 0 bridgehead atoms. The highest BCUT2D eigenvalue weighted by Crippen LogP contribution is 2.32. The van der Waals surface area contributed by atoms with Crippen molar-refractivity contribution < 1.29 is 4.79 Å². The van der Waals surface area contributed by atoms with Gasteiger partial charge in [0.25, 0.3) is 0 Å². The summed E-state index contributed by atoms with van der Waals surface area (Å²) in [7, 11) is 0. The molecule has 0 spiro atoms. The number of halogens is 2. The van der Waals surface area contributed by atoms with E-state index in [2.05, 4.69) is 25.8 Å². The van der Waals surface area contributed by atoms with Crippen LogP contribution in [0.1, 0.15) is 12.5 Å². The van der Waals surface area contributed by atoms with Crippen LogP contribution >= 0.6 is 46.3 Å². The molecule has 1 unspecified atom stereocenters. The quantitative estimate of drug-likeness (QED) is 0.394. The van der Waals surface area contributed by atoms with E-state index in [0.29, 0.717) is 20.2 Å². The lowest BCUT2D eigenvalue weighted by molar-refractivity contribution is -0.115. The van der Waals surface area contributed by atoms with Gasteiger partial charge < -0.3 is 10.6 Å². The van der Waals surface area contributed by atoms with E-state index in [0.717, 1.165) is 11.3 Å². The third-order valence-electron chi connectivity index (χ3n) is 3.58. The lowest BCUT2D eigenvalue weighted by Crippen LogP contribution is -2.22. The van der Waals surface area contributed by atoms with Crippen LogP contribution in [0, 0.1) is 6.92 Å². The minimum Gasteiger partial charge on any atom is -0.330 e. The molecule has 2 aromatic heterocycles. The summed E-state index contributed by atoms with van der Waals surface area (Å²) in [5, 5.41) is 15.4. The fourth-order valence-corrected chi connectivity index (χ4v) is 4.33. The van der Waals surface area contributed by atoms with E-state index < -0.39 is 0 Å². The van der Waals surface area contributed by atoms with Gasteiger partial charge in [0.1, 0.15) is 0 Å². The van der Waals surface area contributed by atoms with E-state index in [1.54, 1.807) is 25.3 Å². The molecule has 0 saturated carbocycles. The molecular weight excluding hydrogens is 425 g/mol. The van der Waals surface area contributed by atoms with Crippen molar-refractivity contribution in [2.24, 2.45) is 0 Å². The van der Waals surface area contributed by atoms with Crippen LogP contribution in [0.15, 0.2) is 40.9 Å². The molecule has 0 aliphatic carbocycles. The molecule has 27 heavy (non-hydrogen) atoms. The summed E-state index contributed by atoms with van der Waals surface area (Å²) in [5.74, 6) is -0.190. The predicted molar refractivity (Wildman–Crippen MR) is 113 cm³/mol. The van der Waals surface area contributed by atoms with Gasteiger partial charge in [-0.1, -0.05) is 52.4 Å². The molecule has 0 radical (unpaired) electrons. The number of aromatic nitrogens is 3. The highest BCUT2D eigenvalue weighted by Gasteiger charge is 2.18. The Balaban J connectivity index is 1.62. The van der Waals surface area contributed by atoms with Crippen LogP contribution in [0.2, 0.25) is 10.2 Å². The Labute approximate surface area is 174 Å². The molecule has 0 fully saturated rings. The van der Waals surface area contributed by atoms with Crippen LogP contribution in [0.5, 0.6) is 0 Å². The lowest BCUT2D eigenvalue weighted by Gasteiger charge is -2.10. The summed E-state index contributed by atoms with van der Waals surface area (Å²) >= 11 is 14.8. The van der Waals surface area contributed by atoms with Gasteiger partial charge in [-0.05, 0) is 43.7 Å². The minimum atomic E-state index is -0.380. The van der Waals surface area contributed by atoms with Crippen LogP contribution in [0.25, 0.3) is 0 Å². The van der Waals surface area contributed by atoms with Crippen LogP contribution in [0.4, 0.5) is 16.5 Å². The molecule has 1 amide bonds. The van der Waals surface area contributed by atoms with Gasteiger partial charge in [-0.3, -0.25) is 4.79 Å². The van der Waals surface area contributed by atoms with E-state index in [1.165, 1.54) is 23.1 Å². The lowest BCUT2D eigenvalue weighted by atomic mass is 10.2. The van der Waals surface area contributed by atoms with Crippen molar-refractivity contribution in [3.63, 3.8) is 0 Å². The SMILES string of the molecule is Cc1c(Cl)cccc1Nc1nnc(SC(C)C(=O)Nc2cccnc2Cl)s1. The van der Waals surface area contributed by atoms with E-state index in [4.69, 9.17) is 23.2 Å². The molecular formula is C17H15Cl2N5OS2. The number of anilines is 3. The van der Waals surface area contributed by atoms with Gasteiger partial charge in [0.05, 0.1) is 10.9 Å². The largest absolute Gasteiger partial charge is 0.330 e. The first-order chi connectivity index (χ1) is 12.9. The second-order valence-electron chi connectivity index (χ2n) is 5.50. The van der Waals surface area contributed by atoms with Crippen molar-refractivity contribution >= 4 is 68.7 Å². The molecule has 0 saturated heterocycles. The Kier molecular flexibility index (Phi) is 6.54. The monoisotopic (exact) mass is 439 g/mol. The number of thioether (sulfide) groups is 1. The zero-order valence-electron chi connectivity index (χ0n) is 14.4. The van der Waals surface area contributed by atoms with Gasteiger partial charge in [-0.2, -0.15) is 0 Å². The summed E-state index contributed by atoms with van der Waals surface area (Å²) in [5.41, 5.74) is 2.28. The number of carbonyl (C=O) groups excluding carboxylic acids is 1. The Bertz CT molecular complexity index is 966. The number of hydrogen-bond acceptors (Lipinski definition) is 7. The smallest absolute Gasteiger partial charge is 0.237 e. The van der Waals surface area contributed by atoms with Gasteiger partial charge in [0.15, 0.2) is 9.49 Å². The minimum absolute atomic E-state index is 0.190. The first-order valence-electron chi connectivity index (χ1n) is 7.87. The standard InChI is InChI=1S/C17H15Cl2N5OS2/c1-9-11(18)5-3-6-12(9)22-16-23-24-17(27-16)26-10(2)15(25)21-13-7-4-8-20-14(13)19/h3-8,10H,1-2H3,(H,21,25)(H,22,23). The Morgan fingerprint density at radius 1 is 1.19 bits per heavy atom. The van der Waals surface area contributed by atoms with Crippen molar-refractivity contribution in [2.45, 2.75) is 23.4 Å². The average molecular weight is 440 g/mol. The third-order valence-corrected chi connectivity index (χ3v) is 6.31. The van der Waals surface area contributed by atoms with E-state index >= 15 is 0 Å². The first-order valence-corrected chi connectivity index (χ1v) is 10.3. The number of rotatable bonds is 6. The molecule has 0 aliphatic rings. The predicted octanol–water partition coefficient (Wildman–Crippen LogP) is 5.41. The molecule has 0 aliphatic heterocycles. The Morgan fingerprint density at radius 2 is 1.96 bits per heavy atom. The van der Waals surface area contributed by atoms with Gasteiger partial charge in [-0.15, -0.1) is 10.2 Å². The maximum absolute atomic E-state index is 12.4. The highest BCUT2D eigenvalue weighted by molar-refractivity contribution is 8.02. The van der Waals surface area contributed by atoms with Crippen molar-refractivity contribution in [2.75, 3.05) is 10.6 Å². The van der Waals surface area contributed by atoms with Crippen LogP contribution in [-0.2, 0) is 4.79 Å². The zero-order valence-corrected chi connectivity index (χ0v) is 17.5. The fourth-order valence-electron chi connectivity index (χ4n) is 2.08. The van der Waals surface area contributed by atoms with E-state index in [-0.39, 0.29) is 16.3 Å². The van der Waals surface area contributed by atoms with Gasteiger partial charge in [0.2, 0.25) is 11.0 Å². The number of benzene rings is 1. The third kappa shape index (κ3) is 5.10. The number of nitrogens with zero attached hydrogens (tertiary/aromatic N) is 3. The molecule has 10 heteroatoms. The van der Waals surface area contributed by atoms with Crippen molar-refractivity contribution in [3.8, 4) is 0 Å². The van der Waals surface area contributed by atoms with Crippen molar-refractivity contribution in [1.82, 2.24) is 15.2 Å². The number of amides is 1. The molecule has 3 rings (SSSR count). The molecule has 3 aromatic rings. The second-order valence-corrected chi connectivity index (χ2v) is 8.83. The zero-order chi connectivity index (χ0) is 19.4. The van der Waals surface area contributed by atoms with Crippen molar-refractivity contribution in [1.29, 1.82) is 0 Å². The van der Waals surface area contributed by atoms with Gasteiger partial charge in [-0.25, -0.2) is 4.98 Å². The summed E-state index contributed by atoms with van der Waals surface area (Å²) in [6, 6.07) is 9.02. The molecule has 1 aromatic carbocycles. The average Bonchev–Trinajstić information content (AvgIpc) is 3.08. The number of nitrogens with one attached hydrogen (secondary N) is 2. The molecule has 140 valence electrons. The maximum Gasteiger partial charge on any atom is 0.237 e. The summed E-state index contributed by atoms with van der Waals surface area (Å²) < 4.78 is 0.678. The number of pyridine rings is 1. The second kappa shape index (κ2) is 8.88. The van der Waals surface area contributed by atoms with Crippen LogP contribution in [-0.4, -0.2) is 26.3 Å². The van der Waals surface area contributed by atoms with E-state index in [1.807, 2.05) is 25.1 Å². The summed E-state index contributed by atoms with van der Waals surface area (Å²) in [6.45, 7) is 3.72. The first kappa shape index (κ1) is 19.9. The summed E-state index contributed by atoms with van der Waals surface area (Å²) in [4.78, 5) is 16.3. The summed E-state index contributed by atoms with van der Waals surface area (Å²) in [6.07, 6.45) is 1.56. The highest BCUT2D eigenvalue weighted by atomic mass is 35.5.